The third kappa shape index (κ3) is 5.54. The minimum absolute atomic E-state index is 0.00267. The van der Waals surface area contributed by atoms with E-state index in [1.54, 1.807) is 6.07 Å². The minimum Gasteiger partial charge on any atom is -0.456 e. The number of nitrogens with one attached hydrogen (secondary N) is 1. The highest BCUT2D eigenvalue weighted by Gasteiger charge is 2.34. The van der Waals surface area contributed by atoms with Gasteiger partial charge >= 0.3 is 6.36 Å². The molecule has 0 bridgehead atoms. The second-order valence-electron chi connectivity index (χ2n) is 6.57. The van der Waals surface area contributed by atoms with E-state index < -0.39 is 52.3 Å². The fourth-order valence-corrected chi connectivity index (χ4v) is 2.77. The molecule has 0 radical (unpaired) electrons. The first kappa shape index (κ1) is 23.5. The summed E-state index contributed by atoms with van der Waals surface area (Å²) in [4.78, 5) is 12.8. The Hall–Kier alpha value is -4.20. The highest BCUT2D eigenvalue weighted by atomic mass is 19.4. The number of hydrogen-bond donors (Lipinski definition) is 1. The maximum atomic E-state index is 15.0. The molecular weight excluding hydrogens is 454 g/mol. The zero-order valence-corrected chi connectivity index (χ0v) is 16.6. The summed E-state index contributed by atoms with van der Waals surface area (Å²) in [5.74, 6) is -6.23. The van der Waals surface area contributed by atoms with Crippen LogP contribution in [0.4, 0.5) is 32.0 Å². The molecule has 170 valence electrons. The summed E-state index contributed by atoms with van der Waals surface area (Å²) >= 11 is 0. The van der Waals surface area contributed by atoms with E-state index in [-0.39, 0.29) is 17.0 Å². The van der Waals surface area contributed by atoms with Gasteiger partial charge in [0.25, 0.3) is 5.91 Å². The smallest absolute Gasteiger partial charge is 0.456 e. The van der Waals surface area contributed by atoms with Gasteiger partial charge in [0.05, 0.1) is 5.56 Å². The van der Waals surface area contributed by atoms with Gasteiger partial charge < -0.3 is 14.8 Å². The van der Waals surface area contributed by atoms with Crippen LogP contribution in [0.2, 0.25) is 0 Å². The lowest BCUT2D eigenvalue weighted by Gasteiger charge is -2.17. The number of carbonyl (C=O) groups is 1. The summed E-state index contributed by atoms with van der Waals surface area (Å²) in [5, 5.41) is 11.1. The van der Waals surface area contributed by atoms with Crippen molar-refractivity contribution in [2.75, 3.05) is 5.32 Å². The minimum atomic E-state index is -5.25. The second-order valence-corrected chi connectivity index (χ2v) is 6.57. The van der Waals surface area contributed by atoms with Crippen LogP contribution in [0, 0.1) is 35.7 Å². The van der Waals surface area contributed by atoms with Gasteiger partial charge in [0.1, 0.15) is 34.8 Å². The van der Waals surface area contributed by atoms with Crippen LogP contribution in [-0.4, -0.2) is 12.3 Å². The molecule has 3 rings (SSSR count). The lowest BCUT2D eigenvalue weighted by atomic mass is 10.1. The van der Waals surface area contributed by atoms with E-state index in [0.29, 0.717) is 6.07 Å². The quantitative estimate of drug-likeness (QED) is 0.453. The molecule has 0 aliphatic carbocycles. The molecule has 0 atom stereocenters. The van der Waals surface area contributed by atoms with E-state index in [1.165, 1.54) is 13.0 Å². The first-order valence-electron chi connectivity index (χ1n) is 9.01. The molecule has 3 aromatic rings. The summed E-state index contributed by atoms with van der Waals surface area (Å²) in [6.45, 7) is 1.46. The molecule has 0 unspecified atom stereocenters. The average molecular weight is 466 g/mol. The van der Waals surface area contributed by atoms with Crippen molar-refractivity contribution >= 4 is 11.6 Å². The predicted molar refractivity (Wildman–Crippen MR) is 103 cm³/mol. The molecule has 0 aliphatic rings. The highest BCUT2D eigenvalue weighted by molar-refractivity contribution is 6.06. The van der Waals surface area contributed by atoms with E-state index in [2.05, 4.69) is 10.1 Å². The Kier molecular flexibility index (Phi) is 6.48. The number of nitriles is 1. The van der Waals surface area contributed by atoms with Crippen LogP contribution in [-0.2, 0) is 0 Å². The van der Waals surface area contributed by atoms with Crippen molar-refractivity contribution in [2.24, 2.45) is 0 Å². The summed E-state index contributed by atoms with van der Waals surface area (Å²) in [5.41, 5.74) is -1.28. The van der Waals surface area contributed by atoms with Crippen molar-refractivity contribution in [3.8, 4) is 23.3 Å². The van der Waals surface area contributed by atoms with Crippen molar-refractivity contribution in [3.63, 3.8) is 0 Å². The number of halogens is 6. The molecule has 0 spiro atoms. The number of carbonyl (C=O) groups excluding carboxylic acids is 1. The second kappa shape index (κ2) is 9.12. The standard InChI is InChI=1S/C22H12F6N2O3/c1-11-8-13(23)2-5-16(11)32-17-6-7-18(33-22(26,27)28)20(25)19(17)21(31)30-14-3-4-15(24)12(9-14)10-29/h2-9H,1H3,(H,30,31). The number of anilines is 1. The van der Waals surface area contributed by atoms with E-state index in [4.69, 9.17) is 10.00 Å². The summed E-state index contributed by atoms with van der Waals surface area (Å²) in [6, 6.07) is 9.21. The first-order chi connectivity index (χ1) is 15.5. The Balaban J connectivity index is 2.06. The highest BCUT2D eigenvalue weighted by Crippen LogP contribution is 2.36. The summed E-state index contributed by atoms with van der Waals surface area (Å²) in [6.07, 6.45) is -5.25. The Labute approximate surface area is 182 Å². The molecule has 33 heavy (non-hydrogen) atoms. The number of amides is 1. The number of benzene rings is 3. The van der Waals surface area contributed by atoms with Crippen molar-refractivity contribution in [1.29, 1.82) is 5.26 Å². The SMILES string of the molecule is Cc1cc(F)ccc1Oc1ccc(OC(F)(F)F)c(F)c1C(=O)Nc1ccc(F)c(C#N)c1. The van der Waals surface area contributed by atoms with Gasteiger partial charge in [0.15, 0.2) is 11.6 Å². The topological polar surface area (TPSA) is 71.3 Å². The Morgan fingerprint density at radius 2 is 1.64 bits per heavy atom. The Morgan fingerprint density at radius 3 is 2.27 bits per heavy atom. The number of hydrogen-bond acceptors (Lipinski definition) is 4. The molecule has 1 amide bonds. The number of alkyl halides is 3. The van der Waals surface area contributed by atoms with Crippen molar-refractivity contribution < 1.29 is 40.6 Å². The van der Waals surface area contributed by atoms with Crippen molar-refractivity contribution in [1.82, 2.24) is 0 Å². The van der Waals surface area contributed by atoms with Gasteiger partial charge in [0, 0.05) is 5.69 Å². The molecule has 3 aromatic carbocycles. The van der Waals surface area contributed by atoms with Gasteiger partial charge in [-0.15, -0.1) is 13.2 Å². The van der Waals surface area contributed by atoms with Gasteiger partial charge in [-0.1, -0.05) is 0 Å². The fourth-order valence-electron chi connectivity index (χ4n) is 2.77. The normalized spacial score (nSPS) is 11.0. The number of rotatable bonds is 5. The largest absolute Gasteiger partial charge is 0.573 e. The summed E-state index contributed by atoms with van der Waals surface area (Å²) < 4.78 is 88.8. The van der Waals surface area contributed by atoms with Crippen LogP contribution in [0.25, 0.3) is 0 Å². The molecule has 0 aliphatic heterocycles. The Bertz CT molecular complexity index is 1270. The molecule has 11 heteroatoms. The third-order valence-corrected chi connectivity index (χ3v) is 4.22. The zero-order chi connectivity index (χ0) is 24.3. The first-order valence-corrected chi connectivity index (χ1v) is 9.01. The number of aryl methyl sites for hydroxylation is 1. The van der Waals surface area contributed by atoms with Gasteiger partial charge in [-0.3, -0.25) is 4.79 Å². The van der Waals surface area contributed by atoms with Crippen LogP contribution in [0.1, 0.15) is 21.5 Å². The molecular formula is C22H12F6N2O3. The lowest BCUT2D eigenvalue weighted by molar-refractivity contribution is -0.275. The molecule has 0 saturated heterocycles. The van der Waals surface area contributed by atoms with Gasteiger partial charge in [0.2, 0.25) is 0 Å². The lowest BCUT2D eigenvalue weighted by Crippen LogP contribution is -2.20. The van der Waals surface area contributed by atoms with Crippen LogP contribution >= 0.6 is 0 Å². The molecule has 0 saturated carbocycles. The maximum absolute atomic E-state index is 15.0. The van der Waals surface area contributed by atoms with Crippen molar-refractivity contribution in [3.05, 3.63) is 82.7 Å². The average Bonchev–Trinajstić information content (AvgIpc) is 2.72. The van der Waals surface area contributed by atoms with Crippen molar-refractivity contribution in [2.45, 2.75) is 13.3 Å². The molecule has 0 fully saturated rings. The summed E-state index contributed by atoms with van der Waals surface area (Å²) in [7, 11) is 0. The van der Waals surface area contributed by atoms with E-state index in [1.807, 2.05) is 0 Å². The van der Waals surface area contributed by atoms with Crippen LogP contribution in [0.15, 0.2) is 48.5 Å². The molecule has 1 N–H and O–H groups in total. The van der Waals surface area contributed by atoms with E-state index >= 15 is 0 Å². The van der Waals surface area contributed by atoms with E-state index in [9.17, 15) is 31.1 Å². The predicted octanol–water partition coefficient (Wildman–Crippen LogP) is 6.23. The molecule has 5 nitrogen and oxygen atoms in total. The van der Waals surface area contributed by atoms with Gasteiger partial charge in [-0.05, 0) is 61.0 Å². The number of ether oxygens (including phenoxy) is 2. The Morgan fingerprint density at radius 1 is 0.970 bits per heavy atom. The zero-order valence-electron chi connectivity index (χ0n) is 16.6. The maximum Gasteiger partial charge on any atom is 0.573 e. The third-order valence-electron chi connectivity index (χ3n) is 4.22. The van der Waals surface area contributed by atoms with Crippen LogP contribution in [0.5, 0.6) is 17.2 Å². The van der Waals surface area contributed by atoms with Crippen LogP contribution in [0.3, 0.4) is 0 Å². The van der Waals surface area contributed by atoms with E-state index in [0.717, 1.165) is 36.4 Å². The molecule has 0 heterocycles. The van der Waals surface area contributed by atoms with Gasteiger partial charge in [-0.2, -0.15) is 5.26 Å². The van der Waals surface area contributed by atoms with Crippen LogP contribution < -0.4 is 14.8 Å². The van der Waals surface area contributed by atoms with Gasteiger partial charge in [-0.25, -0.2) is 13.2 Å². The molecule has 0 aromatic heterocycles. The monoisotopic (exact) mass is 466 g/mol. The number of nitrogens with zero attached hydrogens (tertiary/aromatic N) is 1. The fraction of sp³-hybridized carbons (Fsp3) is 0.0909.